The summed E-state index contributed by atoms with van der Waals surface area (Å²) in [5, 5.41) is 13.4. The molecule has 0 radical (unpaired) electrons. The van der Waals surface area contributed by atoms with Crippen LogP contribution in [0, 0.1) is 6.92 Å². The van der Waals surface area contributed by atoms with Crippen molar-refractivity contribution in [1.82, 2.24) is 5.16 Å². The summed E-state index contributed by atoms with van der Waals surface area (Å²) >= 11 is 0. The Morgan fingerprint density at radius 1 is 1.08 bits per heavy atom. The molecule has 3 N–H and O–H groups in total. The highest BCUT2D eigenvalue weighted by molar-refractivity contribution is 5.85. The molecule has 132 valence electrons. The molecular formula is C21H20N2O3. The van der Waals surface area contributed by atoms with E-state index in [9.17, 15) is 9.90 Å². The molecule has 5 heteroatoms. The van der Waals surface area contributed by atoms with Crippen molar-refractivity contribution in [2.24, 2.45) is 5.73 Å². The first-order chi connectivity index (χ1) is 12.5. The molecule has 1 fully saturated rings. The second-order valence-electron chi connectivity index (χ2n) is 6.82. The van der Waals surface area contributed by atoms with Crippen LogP contribution in [0.4, 0.5) is 0 Å². The van der Waals surface area contributed by atoms with Crippen LogP contribution in [0.5, 0.6) is 0 Å². The number of aryl methyl sites for hydroxylation is 1. The van der Waals surface area contributed by atoms with Gasteiger partial charge in [-0.2, -0.15) is 0 Å². The first kappa shape index (κ1) is 16.5. The second-order valence-corrected chi connectivity index (χ2v) is 6.82. The highest BCUT2D eigenvalue weighted by Crippen LogP contribution is 2.48. The Labute approximate surface area is 151 Å². The van der Waals surface area contributed by atoms with E-state index in [4.69, 9.17) is 10.3 Å². The van der Waals surface area contributed by atoms with Crippen molar-refractivity contribution >= 4 is 5.97 Å². The molecule has 4 rings (SSSR count). The Balaban J connectivity index is 1.60. The van der Waals surface area contributed by atoms with Gasteiger partial charge in [0, 0.05) is 17.7 Å². The van der Waals surface area contributed by atoms with Gasteiger partial charge in [-0.15, -0.1) is 0 Å². The van der Waals surface area contributed by atoms with Gasteiger partial charge in [-0.05, 0) is 36.5 Å². The number of benzene rings is 2. The van der Waals surface area contributed by atoms with E-state index in [0.29, 0.717) is 12.3 Å². The number of nitrogens with two attached hydrogens (primary N) is 1. The molecule has 1 heterocycles. The number of hydrogen-bond donors (Lipinski definition) is 2. The Morgan fingerprint density at radius 3 is 2.12 bits per heavy atom. The molecule has 5 nitrogen and oxygen atoms in total. The molecule has 1 aliphatic rings. The maximum absolute atomic E-state index is 11.4. The van der Waals surface area contributed by atoms with Crippen LogP contribution < -0.4 is 5.73 Å². The number of carboxylic acids is 1. The normalized spacial score (nSPS) is 15.0. The predicted octanol–water partition coefficient (Wildman–Crippen LogP) is 3.89. The molecule has 26 heavy (non-hydrogen) atoms. The molecule has 0 spiro atoms. The number of aromatic nitrogens is 1. The van der Waals surface area contributed by atoms with Crippen LogP contribution in [0.2, 0.25) is 0 Å². The van der Waals surface area contributed by atoms with Gasteiger partial charge in [0.25, 0.3) is 0 Å². The summed E-state index contributed by atoms with van der Waals surface area (Å²) in [6.45, 7) is 2.27. The molecule has 1 saturated carbocycles. The van der Waals surface area contributed by atoms with Gasteiger partial charge in [0.1, 0.15) is 0 Å². The van der Waals surface area contributed by atoms with Gasteiger partial charge in [-0.3, -0.25) is 4.79 Å². The minimum Gasteiger partial charge on any atom is -0.481 e. The highest BCUT2D eigenvalue weighted by Gasteiger charge is 2.51. The monoisotopic (exact) mass is 348 g/mol. The van der Waals surface area contributed by atoms with E-state index in [2.05, 4.69) is 5.16 Å². The fraction of sp³-hybridized carbons (Fsp3) is 0.238. The van der Waals surface area contributed by atoms with E-state index in [0.717, 1.165) is 46.4 Å². The van der Waals surface area contributed by atoms with E-state index in [1.807, 2.05) is 55.5 Å². The molecule has 0 atom stereocenters. The van der Waals surface area contributed by atoms with Crippen LogP contribution in [-0.4, -0.2) is 16.2 Å². The molecule has 0 saturated heterocycles. The highest BCUT2D eigenvalue weighted by atomic mass is 16.5. The van der Waals surface area contributed by atoms with E-state index in [1.165, 1.54) is 0 Å². The summed E-state index contributed by atoms with van der Waals surface area (Å²) in [5.74, 6) is -0.0170. The molecule has 1 aliphatic carbocycles. The second kappa shape index (κ2) is 6.11. The first-order valence-electron chi connectivity index (χ1n) is 8.65. The Kier molecular flexibility index (Phi) is 3.89. The molecular weight excluding hydrogens is 328 g/mol. The van der Waals surface area contributed by atoms with Crippen molar-refractivity contribution < 1.29 is 14.4 Å². The quantitative estimate of drug-likeness (QED) is 0.730. The third kappa shape index (κ3) is 2.61. The SMILES string of the molecule is Cc1noc(-c2ccc(-c3ccc(C4(C(=O)O)CC4)cc3)cc2)c1CN. The largest absolute Gasteiger partial charge is 0.481 e. The standard InChI is InChI=1S/C21H20N2O3/c1-13-18(12-22)19(26-23-13)16-4-2-14(3-5-16)15-6-8-17(9-7-15)21(10-11-21)20(24)25/h2-9H,10-12,22H2,1H3,(H,24,25). The average molecular weight is 348 g/mol. The minimum atomic E-state index is -0.729. The van der Waals surface area contributed by atoms with Crippen LogP contribution in [-0.2, 0) is 16.8 Å². The lowest BCUT2D eigenvalue weighted by Gasteiger charge is -2.11. The van der Waals surface area contributed by atoms with E-state index >= 15 is 0 Å². The Hall–Kier alpha value is -2.92. The van der Waals surface area contributed by atoms with E-state index in [1.54, 1.807) is 0 Å². The summed E-state index contributed by atoms with van der Waals surface area (Å²) in [6.07, 6.45) is 1.44. The molecule has 0 unspecified atom stereocenters. The number of carboxylic acid groups (broad SMARTS) is 1. The summed E-state index contributed by atoms with van der Waals surface area (Å²) in [7, 11) is 0. The van der Waals surface area contributed by atoms with Gasteiger partial charge in [0.05, 0.1) is 11.1 Å². The van der Waals surface area contributed by atoms with Crippen LogP contribution in [0.15, 0.2) is 53.1 Å². The van der Waals surface area contributed by atoms with Gasteiger partial charge in [0.2, 0.25) is 0 Å². The average Bonchev–Trinajstić information content (AvgIpc) is 3.40. The number of rotatable bonds is 5. The lowest BCUT2D eigenvalue weighted by Crippen LogP contribution is -2.19. The molecule has 3 aromatic rings. The lowest BCUT2D eigenvalue weighted by atomic mass is 9.93. The van der Waals surface area contributed by atoms with Gasteiger partial charge in [-0.1, -0.05) is 53.7 Å². The Morgan fingerprint density at radius 2 is 1.62 bits per heavy atom. The minimum absolute atomic E-state index is 0.388. The van der Waals surface area contributed by atoms with Gasteiger partial charge in [-0.25, -0.2) is 0 Å². The van der Waals surface area contributed by atoms with Crippen molar-refractivity contribution in [1.29, 1.82) is 0 Å². The summed E-state index contributed by atoms with van der Waals surface area (Å²) < 4.78 is 5.41. The van der Waals surface area contributed by atoms with Crippen LogP contribution in [0.3, 0.4) is 0 Å². The third-order valence-electron chi connectivity index (χ3n) is 5.27. The molecule has 0 aliphatic heterocycles. The number of aliphatic carboxylic acids is 1. The van der Waals surface area contributed by atoms with Gasteiger partial charge >= 0.3 is 5.97 Å². The summed E-state index contributed by atoms with van der Waals surface area (Å²) in [6, 6.07) is 15.8. The maximum atomic E-state index is 11.4. The fourth-order valence-electron chi connectivity index (χ4n) is 3.40. The number of nitrogens with zero attached hydrogens (tertiary/aromatic N) is 1. The fourth-order valence-corrected chi connectivity index (χ4v) is 3.40. The van der Waals surface area contributed by atoms with Crippen molar-refractivity contribution in [3.8, 4) is 22.5 Å². The van der Waals surface area contributed by atoms with Crippen molar-refractivity contribution in [3.63, 3.8) is 0 Å². The first-order valence-corrected chi connectivity index (χ1v) is 8.65. The Bertz CT molecular complexity index is 952. The van der Waals surface area contributed by atoms with Crippen LogP contribution in [0.1, 0.15) is 29.7 Å². The van der Waals surface area contributed by atoms with E-state index in [-0.39, 0.29) is 0 Å². The van der Waals surface area contributed by atoms with Crippen LogP contribution >= 0.6 is 0 Å². The summed E-state index contributed by atoms with van der Waals surface area (Å²) in [4.78, 5) is 11.4. The predicted molar refractivity (Wildman–Crippen MR) is 98.6 cm³/mol. The van der Waals surface area contributed by atoms with Crippen LogP contribution in [0.25, 0.3) is 22.5 Å². The molecule has 0 bridgehead atoms. The van der Waals surface area contributed by atoms with Crippen molar-refractivity contribution in [2.75, 3.05) is 0 Å². The van der Waals surface area contributed by atoms with Crippen molar-refractivity contribution in [3.05, 3.63) is 65.4 Å². The maximum Gasteiger partial charge on any atom is 0.314 e. The molecule has 0 amide bonds. The third-order valence-corrected chi connectivity index (χ3v) is 5.27. The van der Waals surface area contributed by atoms with Gasteiger partial charge in [0.15, 0.2) is 5.76 Å². The molecule has 2 aromatic carbocycles. The zero-order valence-electron chi connectivity index (χ0n) is 14.5. The number of carbonyl (C=O) groups is 1. The van der Waals surface area contributed by atoms with Gasteiger partial charge < -0.3 is 15.4 Å². The zero-order chi connectivity index (χ0) is 18.3. The molecule has 1 aromatic heterocycles. The van der Waals surface area contributed by atoms with Crippen molar-refractivity contribution in [2.45, 2.75) is 31.7 Å². The topological polar surface area (TPSA) is 89.3 Å². The zero-order valence-corrected chi connectivity index (χ0v) is 14.5. The number of hydrogen-bond acceptors (Lipinski definition) is 4. The smallest absolute Gasteiger partial charge is 0.314 e. The lowest BCUT2D eigenvalue weighted by molar-refractivity contribution is -0.140. The summed E-state index contributed by atoms with van der Waals surface area (Å²) in [5.41, 5.74) is 10.8. The van der Waals surface area contributed by atoms with E-state index < -0.39 is 11.4 Å².